The number of ether oxygens (including phenoxy) is 1. The van der Waals surface area contributed by atoms with Crippen LogP contribution in [0.1, 0.15) is 11.4 Å². The Kier molecular flexibility index (Phi) is 3.74. The van der Waals surface area contributed by atoms with E-state index in [1.165, 1.54) is 11.7 Å². The molecule has 0 aliphatic heterocycles. The first-order valence-corrected chi connectivity index (χ1v) is 6.80. The van der Waals surface area contributed by atoms with E-state index in [0.717, 1.165) is 11.1 Å². The summed E-state index contributed by atoms with van der Waals surface area (Å²) in [4.78, 5) is 16.4. The van der Waals surface area contributed by atoms with E-state index in [9.17, 15) is 4.79 Å². The van der Waals surface area contributed by atoms with Crippen LogP contribution in [0.25, 0.3) is 11.5 Å². The number of hydrogen-bond donors (Lipinski definition) is 0. The second kappa shape index (κ2) is 5.85. The SMILES string of the molecule is COc1cccn(Cc2noc(-c3ccc(C)cc3)n2)c1=O. The Morgan fingerprint density at radius 1 is 1.23 bits per heavy atom. The molecule has 0 atom stereocenters. The van der Waals surface area contributed by atoms with Crippen molar-refractivity contribution in [2.24, 2.45) is 0 Å². The average Bonchev–Trinajstić information content (AvgIpc) is 2.99. The van der Waals surface area contributed by atoms with Crippen LogP contribution in [0.3, 0.4) is 0 Å². The van der Waals surface area contributed by atoms with Crippen LogP contribution >= 0.6 is 0 Å². The van der Waals surface area contributed by atoms with Gasteiger partial charge in [0.05, 0.1) is 13.7 Å². The molecule has 0 radical (unpaired) electrons. The topological polar surface area (TPSA) is 70.2 Å². The fourth-order valence-corrected chi connectivity index (χ4v) is 2.08. The Balaban J connectivity index is 1.86. The molecule has 0 fully saturated rings. The molecule has 1 aromatic carbocycles. The Labute approximate surface area is 127 Å². The molecule has 6 heteroatoms. The van der Waals surface area contributed by atoms with Gasteiger partial charge >= 0.3 is 0 Å². The number of nitrogens with zero attached hydrogens (tertiary/aromatic N) is 3. The summed E-state index contributed by atoms with van der Waals surface area (Å²) in [7, 11) is 1.46. The fourth-order valence-electron chi connectivity index (χ4n) is 2.08. The summed E-state index contributed by atoms with van der Waals surface area (Å²) in [5.74, 6) is 1.15. The molecule has 0 unspecified atom stereocenters. The monoisotopic (exact) mass is 297 g/mol. The van der Waals surface area contributed by atoms with E-state index in [1.807, 2.05) is 31.2 Å². The van der Waals surface area contributed by atoms with Crippen LogP contribution in [-0.2, 0) is 6.54 Å². The Bertz CT molecular complexity index is 834. The van der Waals surface area contributed by atoms with Gasteiger partial charge in [-0.05, 0) is 31.2 Å². The summed E-state index contributed by atoms with van der Waals surface area (Å²) < 4.78 is 11.7. The van der Waals surface area contributed by atoms with E-state index < -0.39 is 0 Å². The molecule has 0 spiro atoms. The highest BCUT2D eigenvalue weighted by atomic mass is 16.5. The third kappa shape index (κ3) is 2.76. The van der Waals surface area contributed by atoms with Crippen molar-refractivity contribution in [3.05, 3.63) is 64.3 Å². The molecule has 6 nitrogen and oxygen atoms in total. The normalized spacial score (nSPS) is 10.6. The lowest BCUT2D eigenvalue weighted by Crippen LogP contribution is -2.21. The molecule has 0 aliphatic carbocycles. The lowest BCUT2D eigenvalue weighted by molar-refractivity contribution is 0.401. The average molecular weight is 297 g/mol. The van der Waals surface area contributed by atoms with E-state index >= 15 is 0 Å². The molecule has 2 aromatic heterocycles. The summed E-state index contributed by atoms with van der Waals surface area (Å²) in [6.07, 6.45) is 1.66. The minimum atomic E-state index is -0.230. The predicted octanol–water partition coefficient (Wildman–Crippen LogP) is 2.26. The van der Waals surface area contributed by atoms with Gasteiger partial charge in [-0.25, -0.2) is 0 Å². The van der Waals surface area contributed by atoms with Gasteiger partial charge in [-0.15, -0.1) is 0 Å². The molecule has 0 bridgehead atoms. The van der Waals surface area contributed by atoms with Crippen LogP contribution in [-0.4, -0.2) is 21.8 Å². The summed E-state index contributed by atoms with van der Waals surface area (Å²) in [5.41, 5.74) is 1.78. The van der Waals surface area contributed by atoms with E-state index in [0.29, 0.717) is 11.7 Å². The lowest BCUT2D eigenvalue weighted by Gasteiger charge is -2.04. The number of aryl methyl sites for hydroxylation is 1. The van der Waals surface area contributed by atoms with E-state index in [1.54, 1.807) is 18.3 Å². The van der Waals surface area contributed by atoms with Gasteiger partial charge in [0.1, 0.15) is 0 Å². The van der Waals surface area contributed by atoms with Crippen molar-refractivity contribution in [3.8, 4) is 17.2 Å². The number of pyridine rings is 1. The molecule has 2 heterocycles. The largest absolute Gasteiger partial charge is 0.491 e. The molecule has 0 aliphatic rings. The summed E-state index contributed by atoms with van der Waals surface area (Å²) in [5, 5.41) is 3.92. The molecule has 3 rings (SSSR count). The Hall–Kier alpha value is -2.89. The second-order valence-electron chi connectivity index (χ2n) is 4.89. The summed E-state index contributed by atoms with van der Waals surface area (Å²) in [6, 6.07) is 11.2. The number of benzene rings is 1. The van der Waals surface area contributed by atoms with E-state index in [2.05, 4.69) is 10.1 Å². The Morgan fingerprint density at radius 2 is 2.00 bits per heavy atom. The molecule has 112 valence electrons. The minimum absolute atomic E-state index is 0.228. The summed E-state index contributed by atoms with van der Waals surface area (Å²) >= 11 is 0. The standard InChI is InChI=1S/C16H15N3O3/c1-11-5-7-12(8-6-11)15-17-14(18-22-15)10-19-9-3-4-13(21-2)16(19)20/h3-9H,10H2,1-2H3. The predicted molar refractivity (Wildman–Crippen MR) is 80.8 cm³/mol. The number of aromatic nitrogens is 3. The molecule has 0 amide bonds. The van der Waals surface area contributed by atoms with Gasteiger partial charge in [0.15, 0.2) is 11.6 Å². The van der Waals surface area contributed by atoms with Crippen LogP contribution in [0.15, 0.2) is 51.9 Å². The first-order chi connectivity index (χ1) is 10.7. The van der Waals surface area contributed by atoms with Crippen LogP contribution in [0, 0.1) is 6.92 Å². The molecule has 22 heavy (non-hydrogen) atoms. The van der Waals surface area contributed by atoms with Crippen LogP contribution in [0.4, 0.5) is 0 Å². The van der Waals surface area contributed by atoms with Crippen molar-refractivity contribution >= 4 is 0 Å². The highest BCUT2D eigenvalue weighted by Gasteiger charge is 2.11. The second-order valence-corrected chi connectivity index (χ2v) is 4.89. The van der Waals surface area contributed by atoms with Gasteiger partial charge in [-0.2, -0.15) is 4.98 Å². The zero-order valence-electron chi connectivity index (χ0n) is 12.3. The van der Waals surface area contributed by atoms with Crippen molar-refractivity contribution in [2.75, 3.05) is 7.11 Å². The van der Waals surface area contributed by atoms with Gasteiger partial charge < -0.3 is 13.8 Å². The number of methoxy groups -OCH3 is 1. The highest BCUT2D eigenvalue weighted by Crippen LogP contribution is 2.17. The van der Waals surface area contributed by atoms with E-state index in [4.69, 9.17) is 9.26 Å². The minimum Gasteiger partial charge on any atom is -0.491 e. The molecule has 0 saturated heterocycles. The van der Waals surface area contributed by atoms with Gasteiger partial charge in [0.2, 0.25) is 0 Å². The van der Waals surface area contributed by atoms with Crippen molar-refractivity contribution in [3.63, 3.8) is 0 Å². The van der Waals surface area contributed by atoms with Crippen LogP contribution in [0.2, 0.25) is 0 Å². The first kappa shape index (κ1) is 14.1. The molecular weight excluding hydrogens is 282 g/mol. The molecular formula is C16H15N3O3. The molecule has 3 aromatic rings. The van der Waals surface area contributed by atoms with Gasteiger partial charge in [-0.1, -0.05) is 22.9 Å². The van der Waals surface area contributed by atoms with Gasteiger partial charge in [0, 0.05) is 11.8 Å². The fraction of sp³-hybridized carbons (Fsp3) is 0.188. The van der Waals surface area contributed by atoms with Crippen molar-refractivity contribution in [1.29, 1.82) is 0 Å². The van der Waals surface area contributed by atoms with Crippen LogP contribution in [0.5, 0.6) is 5.75 Å². The maximum Gasteiger partial charge on any atom is 0.293 e. The maximum absolute atomic E-state index is 12.1. The Morgan fingerprint density at radius 3 is 2.73 bits per heavy atom. The zero-order chi connectivity index (χ0) is 15.5. The number of hydrogen-bond acceptors (Lipinski definition) is 5. The van der Waals surface area contributed by atoms with Gasteiger partial charge in [0.25, 0.3) is 11.4 Å². The summed E-state index contributed by atoms with van der Waals surface area (Å²) in [6.45, 7) is 2.24. The zero-order valence-corrected chi connectivity index (χ0v) is 12.3. The molecule has 0 N–H and O–H groups in total. The first-order valence-electron chi connectivity index (χ1n) is 6.80. The number of rotatable bonds is 4. The maximum atomic E-state index is 12.1. The highest BCUT2D eigenvalue weighted by molar-refractivity contribution is 5.53. The molecule has 0 saturated carbocycles. The van der Waals surface area contributed by atoms with Crippen molar-refractivity contribution in [1.82, 2.24) is 14.7 Å². The van der Waals surface area contributed by atoms with Gasteiger partial charge in [-0.3, -0.25) is 4.79 Å². The lowest BCUT2D eigenvalue weighted by atomic mass is 10.1. The third-order valence-electron chi connectivity index (χ3n) is 3.28. The quantitative estimate of drug-likeness (QED) is 0.738. The van der Waals surface area contributed by atoms with Crippen molar-refractivity contribution < 1.29 is 9.26 Å². The van der Waals surface area contributed by atoms with E-state index in [-0.39, 0.29) is 17.9 Å². The van der Waals surface area contributed by atoms with Crippen LogP contribution < -0.4 is 10.3 Å². The smallest absolute Gasteiger partial charge is 0.293 e. The van der Waals surface area contributed by atoms with Crippen molar-refractivity contribution in [2.45, 2.75) is 13.5 Å². The third-order valence-corrected chi connectivity index (χ3v) is 3.28.